The van der Waals surface area contributed by atoms with E-state index in [0.717, 1.165) is 39.3 Å². The largest absolute Gasteiger partial charge is 0.395 e. The summed E-state index contributed by atoms with van der Waals surface area (Å²) in [6, 6.07) is 0. The van der Waals surface area contributed by atoms with Crippen LogP contribution in [0.2, 0.25) is 0 Å². The summed E-state index contributed by atoms with van der Waals surface area (Å²) in [5.74, 6) is 0. The van der Waals surface area contributed by atoms with E-state index in [2.05, 4.69) is 20.9 Å². The minimum Gasteiger partial charge on any atom is -0.395 e. The van der Waals surface area contributed by atoms with Gasteiger partial charge in [0.1, 0.15) is 0 Å². The normalized spacial score (nSPS) is 16.1. The van der Waals surface area contributed by atoms with Crippen molar-refractivity contribution in [3.05, 3.63) is 0 Å². The molecule has 0 unspecified atom stereocenters. The molecule has 1 fully saturated rings. The summed E-state index contributed by atoms with van der Waals surface area (Å²) in [6.07, 6.45) is 2.74. The van der Waals surface area contributed by atoms with Crippen LogP contribution in [0.4, 0.5) is 0 Å². The van der Waals surface area contributed by atoms with Crippen molar-refractivity contribution in [3.8, 4) is 0 Å². The third-order valence-electron chi connectivity index (χ3n) is 3.42. The molecule has 0 saturated carbocycles. The Labute approximate surface area is 123 Å². The highest BCUT2D eigenvalue weighted by molar-refractivity contribution is 4.66. The Balaban J connectivity index is 1.66. The topological polar surface area (TPSA) is 68.8 Å². The zero-order valence-electron chi connectivity index (χ0n) is 12.7. The molecule has 0 aromatic carbocycles. The summed E-state index contributed by atoms with van der Waals surface area (Å²) >= 11 is 0. The van der Waals surface area contributed by atoms with Crippen molar-refractivity contribution >= 4 is 0 Å². The number of nitrogens with one attached hydrogen (secondary N) is 3. The molecule has 0 spiro atoms. The van der Waals surface area contributed by atoms with Crippen LogP contribution in [0.25, 0.3) is 0 Å². The van der Waals surface area contributed by atoms with Crippen LogP contribution in [0.5, 0.6) is 0 Å². The second-order valence-electron chi connectivity index (χ2n) is 5.13. The average Bonchev–Trinajstić information content (AvgIpc) is 2.97. The first-order valence-electron chi connectivity index (χ1n) is 7.96. The molecular weight excluding hydrogens is 256 g/mol. The zero-order valence-corrected chi connectivity index (χ0v) is 12.7. The summed E-state index contributed by atoms with van der Waals surface area (Å²) in [6.45, 7) is 10.8. The molecular formula is C14H32N4O2. The van der Waals surface area contributed by atoms with Gasteiger partial charge in [-0.05, 0) is 25.9 Å². The quantitative estimate of drug-likeness (QED) is 0.303. The predicted molar refractivity (Wildman–Crippen MR) is 82.2 cm³/mol. The number of hydrogen-bond donors (Lipinski definition) is 4. The fourth-order valence-electron chi connectivity index (χ4n) is 2.26. The van der Waals surface area contributed by atoms with Gasteiger partial charge < -0.3 is 30.7 Å². The SMILES string of the molecule is OCCNCCOCCNCCNCCN1CCCC1. The molecule has 20 heavy (non-hydrogen) atoms. The van der Waals surface area contributed by atoms with Gasteiger partial charge in [-0.1, -0.05) is 0 Å². The van der Waals surface area contributed by atoms with Gasteiger partial charge in [-0.3, -0.25) is 0 Å². The van der Waals surface area contributed by atoms with Crippen molar-refractivity contribution in [1.29, 1.82) is 0 Å². The van der Waals surface area contributed by atoms with E-state index in [-0.39, 0.29) is 6.61 Å². The Hall–Kier alpha value is -0.240. The fourth-order valence-corrected chi connectivity index (χ4v) is 2.26. The van der Waals surface area contributed by atoms with Gasteiger partial charge in [0.15, 0.2) is 0 Å². The van der Waals surface area contributed by atoms with Gasteiger partial charge in [-0.25, -0.2) is 0 Å². The van der Waals surface area contributed by atoms with E-state index < -0.39 is 0 Å². The van der Waals surface area contributed by atoms with Gasteiger partial charge in [0.05, 0.1) is 19.8 Å². The van der Waals surface area contributed by atoms with Crippen LogP contribution in [-0.4, -0.2) is 88.7 Å². The molecule has 1 saturated heterocycles. The van der Waals surface area contributed by atoms with E-state index in [1.54, 1.807) is 0 Å². The molecule has 0 aromatic rings. The Kier molecular flexibility index (Phi) is 12.2. The minimum absolute atomic E-state index is 0.187. The Morgan fingerprint density at radius 1 is 0.800 bits per heavy atom. The predicted octanol–water partition coefficient (Wildman–Crippen LogP) is -1.14. The van der Waals surface area contributed by atoms with Crippen LogP contribution in [0, 0.1) is 0 Å². The van der Waals surface area contributed by atoms with E-state index >= 15 is 0 Å². The number of ether oxygens (including phenoxy) is 1. The van der Waals surface area contributed by atoms with Crippen molar-refractivity contribution in [2.75, 3.05) is 78.7 Å². The number of nitrogens with zero attached hydrogens (tertiary/aromatic N) is 1. The van der Waals surface area contributed by atoms with Gasteiger partial charge in [-0.2, -0.15) is 0 Å². The number of likely N-dealkylation sites (tertiary alicyclic amines) is 1. The molecule has 1 heterocycles. The third-order valence-corrected chi connectivity index (χ3v) is 3.42. The first-order valence-corrected chi connectivity index (χ1v) is 7.96. The minimum atomic E-state index is 0.187. The standard InChI is InChI=1S/C14H32N4O2/c19-12-6-17-8-14-20-13-7-16-4-3-15-5-11-18-9-1-2-10-18/h15-17,19H,1-14H2. The number of aliphatic hydroxyl groups is 1. The number of rotatable bonds is 14. The molecule has 6 nitrogen and oxygen atoms in total. The average molecular weight is 288 g/mol. The Morgan fingerprint density at radius 2 is 1.40 bits per heavy atom. The monoisotopic (exact) mass is 288 g/mol. The molecule has 120 valence electrons. The van der Waals surface area contributed by atoms with Gasteiger partial charge in [-0.15, -0.1) is 0 Å². The number of hydrogen-bond acceptors (Lipinski definition) is 6. The summed E-state index contributed by atoms with van der Waals surface area (Å²) in [7, 11) is 0. The molecule has 0 radical (unpaired) electrons. The first-order chi connectivity index (χ1) is 9.93. The molecule has 4 N–H and O–H groups in total. The van der Waals surface area contributed by atoms with Crippen molar-refractivity contribution in [1.82, 2.24) is 20.9 Å². The van der Waals surface area contributed by atoms with Crippen LogP contribution >= 0.6 is 0 Å². The molecule has 0 aliphatic carbocycles. The first kappa shape index (κ1) is 17.8. The van der Waals surface area contributed by atoms with Crippen LogP contribution in [0.1, 0.15) is 12.8 Å². The van der Waals surface area contributed by atoms with Crippen LogP contribution in [0.3, 0.4) is 0 Å². The zero-order chi connectivity index (χ0) is 14.3. The van der Waals surface area contributed by atoms with Gasteiger partial charge in [0.2, 0.25) is 0 Å². The van der Waals surface area contributed by atoms with E-state index in [9.17, 15) is 0 Å². The van der Waals surface area contributed by atoms with Crippen LogP contribution in [0.15, 0.2) is 0 Å². The second-order valence-corrected chi connectivity index (χ2v) is 5.13. The maximum absolute atomic E-state index is 8.57. The molecule has 1 aliphatic heterocycles. The lowest BCUT2D eigenvalue weighted by atomic mass is 10.4. The maximum Gasteiger partial charge on any atom is 0.0591 e. The van der Waals surface area contributed by atoms with E-state index in [1.807, 2.05) is 0 Å². The molecule has 1 rings (SSSR count). The summed E-state index contributed by atoms with van der Waals surface area (Å²) in [5, 5.41) is 18.5. The highest BCUT2D eigenvalue weighted by atomic mass is 16.5. The lowest BCUT2D eigenvalue weighted by Gasteiger charge is -2.14. The van der Waals surface area contributed by atoms with E-state index in [0.29, 0.717) is 13.2 Å². The highest BCUT2D eigenvalue weighted by Gasteiger charge is 2.09. The van der Waals surface area contributed by atoms with Crippen LogP contribution in [-0.2, 0) is 4.74 Å². The Morgan fingerprint density at radius 3 is 2.05 bits per heavy atom. The molecule has 0 bridgehead atoms. The van der Waals surface area contributed by atoms with E-state index in [4.69, 9.17) is 9.84 Å². The highest BCUT2D eigenvalue weighted by Crippen LogP contribution is 2.05. The van der Waals surface area contributed by atoms with Crippen molar-refractivity contribution in [2.24, 2.45) is 0 Å². The van der Waals surface area contributed by atoms with Crippen molar-refractivity contribution < 1.29 is 9.84 Å². The molecule has 0 amide bonds. The van der Waals surface area contributed by atoms with Crippen LogP contribution < -0.4 is 16.0 Å². The summed E-state index contributed by atoms with van der Waals surface area (Å²) in [4.78, 5) is 2.53. The molecule has 6 heteroatoms. The maximum atomic E-state index is 8.57. The lowest BCUT2D eigenvalue weighted by Crippen LogP contribution is -2.34. The van der Waals surface area contributed by atoms with Crippen molar-refractivity contribution in [3.63, 3.8) is 0 Å². The smallest absolute Gasteiger partial charge is 0.0591 e. The van der Waals surface area contributed by atoms with Gasteiger partial charge in [0.25, 0.3) is 0 Å². The summed E-state index contributed by atoms with van der Waals surface area (Å²) in [5.41, 5.74) is 0. The Bertz CT molecular complexity index is 202. The molecule has 0 atom stereocenters. The number of aliphatic hydroxyl groups excluding tert-OH is 1. The summed E-state index contributed by atoms with van der Waals surface area (Å²) < 4.78 is 5.44. The second kappa shape index (κ2) is 13.7. The van der Waals surface area contributed by atoms with E-state index in [1.165, 1.54) is 32.5 Å². The fraction of sp³-hybridized carbons (Fsp3) is 1.00. The molecule has 1 aliphatic rings. The lowest BCUT2D eigenvalue weighted by molar-refractivity contribution is 0.136. The van der Waals surface area contributed by atoms with Gasteiger partial charge >= 0.3 is 0 Å². The molecule has 0 aromatic heterocycles. The van der Waals surface area contributed by atoms with Gasteiger partial charge in [0, 0.05) is 45.8 Å². The van der Waals surface area contributed by atoms with Crippen molar-refractivity contribution in [2.45, 2.75) is 12.8 Å². The third kappa shape index (κ3) is 10.5.